The fraction of sp³-hybridized carbons (Fsp3) is 0.158. The van der Waals surface area contributed by atoms with Gasteiger partial charge in [-0.1, -0.05) is 35.9 Å². The topological polar surface area (TPSA) is 84.0 Å². The summed E-state index contributed by atoms with van der Waals surface area (Å²) in [6, 6.07) is 16.1. The van der Waals surface area contributed by atoms with E-state index < -0.39 is 10.0 Å². The van der Waals surface area contributed by atoms with E-state index in [1.54, 1.807) is 43.3 Å². The fourth-order valence-corrected chi connectivity index (χ4v) is 3.84. The molecule has 0 aliphatic carbocycles. The lowest BCUT2D eigenvalue weighted by Crippen LogP contribution is -2.15. The molecule has 6 nitrogen and oxygen atoms in total. The maximum atomic E-state index is 12.5. The van der Waals surface area contributed by atoms with Crippen LogP contribution < -0.4 is 10.0 Å². The Kier molecular flexibility index (Phi) is 4.90. The van der Waals surface area contributed by atoms with Crippen molar-refractivity contribution in [2.24, 2.45) is 0 Å². The molecule has 0 saturated carbocycles. The van der Waals surface area contributed by atoms with Gasteiger partial charge in [-0.05, 0) is 56.2 Å². The van der Waals surface area contributed by atoms with Crippen molar-refractivity contribution >= 4 is 27.3 Å². The predicted molar refractivity (Wildman–Crippen MR) is 103 cm³/mol. The molecule has 1 heterocycles. The molecule has 0 amide bonds. The van der Waals surface area contributed by atoms with Crippen LogP contribution >= 0.6 is 0 Å². The third-order valence-electron chi connectivity index (χ3n) is 3.93. The molecule has 0 radical (unpaired) electrons. The first-order valence-corrected chi connectivity index (χ1v) is 9.60. The molecule has 3 rings (SSSR count). The lowest BCUT2D eigenvalue weighted by molar-refractivity contribution is 0.600. The number of hydrogen-bond donors (Lipinski definition) is 2. The first kappa shape index (κ1) is 17.9. The maximum Gasteiger partial charge on any atom is 0.263 e. The highest BCUT2D eigenvalue weighted by Gasteiger charge is 2.17. The largest absolute Gasteiger partial charge is 0.339 e. The number of hydrogen-bond acceptors (Lipinski definition) is 5. The average molecular weight is 368 g/mol. The summed E-state index contributed by atoms with van der Waals surface area (Å²) < 4.78 is 27.4. The van der Waals surface area contributed by atoms with Crippen molar-refractivity contribution in [3.05, 3.63) is 71.3 Å². The molecule has 0 aliphatic rings. The van der Waals surface area contributed by atoms with Crippen LogP contribution in [0.15, 0.2) is 59.5 Å². The summed E-state index contributed by atoms with van der Waals surface area (Å²) in [7, 11) is -3.70. The first-order chi connectivity index (χ1) is 12.3. The molecular weight excluding hydrogens is 348 g/mol. The summed E-state index contributed by atoms with van der Waals surface area (Å²) in [5.41, 5.74) is 3.87. The van der Waals surface area contributed by atoms with E-state index in [-0.39, 0.29) is 10.7 Å². The van der Waals surface area contributed by atoms with Gasteiger partial charge in [0.1, 0.15) is 0 Å². The Morgan fingerprint density at radius 1 is 0.808 bits per heavy atom. The highest BCUT2D eigenvalue weighted by molar-refractivity contribution is 7.92. The summed E-state index contributed by atoms with van der Waals surface area (Å²) in [6.07, 6.45) is 0. The molecule has 2 N–H and O–H groups in total. The quantitative estimate of drug-likeness (QED) is 0.712. The number of benzene rings is 2. The van der Waals surface area contributed by atoms with E-state index in [1.807, 2.05) is 26.0 Å². The van der Waals surface area contributed by atoms with Crippen LogP contribution in [0, 0.1) is 20.8 Å². The molecular formula is C19H20N4O2S. The standard InChI is InChI=1S/C19H20N4O2S/c1-13-8-9-16(15(3)12-13)20-18-10-11-19(22-21-18)23-26(24,25)17-7-5-4-6-14(17)2/h4-12H,1-3H3,(H,20,21)(H,22,23). The van der Waals surface area contributed by atoms with Crippen molar-refractivity contribution in [2.45, 2.75) is 25.7 Å². The Balaban J connectivity index is 1.76. The number of rotatable bonds is 5. The van der Waals surface area contributed by atoms with E-state index in [4.69, 9.17) is 0 Å². The molecule has 1 aromatic heterocycles. The minimum Gasteiger partial charge on any atom is -0.339 e. The molecule has 0 spiro atoms. The van der Waals surface area contributed by atoms with Crippen LogP contribution in [0.2, 0.25) is 0 Å². The van der Waals surface area contributed by atoms with E-state index >= 15 is 0 Å². The lowest BCUT2D eigenvalue weighted by atomic mass is 10.1. The third kappa shape index (κ3) is 4.00. The number of aromatic nitrogens is 2. The Hall–Kier alpha value is -2.93. The monoisotopic (exact) mass is 368 g/mol. The van der Waals surface area contributed by atoms with Crippen LogP contribution in [0.4, 0.5) is 17.3 Å². The van der Waals surface area contributed by atoms with E-state index in [0.29, 0.717) is 11.4 Å². The van der Waals surface area contributed by atoms with Crippen LogP contribution in [0.1, 0.15) is 16.7 Å². The number of anilines is 3. The maximum absolute atomic E-state index is 12.5. The van der Waals surface area contributed by atoms with Crippen molar-refractivity contribution in [2.75, 3.05) is 10.0 Å². The van der Waals surface area contributed by atoms with Crippen molar-refractivity contribution in [1.29, 1.82) is 0 Å². The van der Waals surface area contributed by atoms with Gasteiger partial charge in [-0.15, -0.1) is 10.2 Å². The van der Waals surface area contributed by atoms with Crippen LogP contribution in [0.5, 0.6) is 0 Å². The summed E-state index contributed by atoms with van der Waals surface area (Å²) in [5.74, 6) is 0.704. The first-order valence-electron chi connectivity index (χ1n) is 8.11. The van der Waals surface area contributed by atoms with Crippen LogP contribution in [-0.4, -0.2) is 18.6 Å². The summed E-state index contributed by atoms with van der Waals surface area (Å²) in [5, 5.41) is 11.2. The SMILES string of the molecule is Cc1ccc(Nc2ccc(NS(=O)(=O)c3ccccc3C)nn2)c(C)c1. The Bertz CT molecular complexity index is 1030. The highest BCUT2D eigenvalue weighted by atomic mass is 32.2. The molecule has 0 atom stereocenters. The van der Waals surface area contributed by atoms with Gasteiger partial charge in [0, 0.05) is 5.69 Å². The van der Waals surface area contributed by atoms with Gasteiger partial charge in [-0.25, -0.2) is 8.42 Å². The van der Waals surface area contributed by atoms with Crippen molar-refractivity contribution in [3.8, 4) is 0 Å². The second-order valence-electron chi connectivity index (χ2n) is 6.12. The van der Waals surface area contributed by atoms with Crippen molar-refractivity contribution < 1.29 is 8.42 Å². The molecule has 0 aliphatic heterocycles. The van der Waals surface area contributed by atoms with E-state index in [9.17, 15) is 8.42 Å². The number of sulfonamides is 1. The molecule has 26 heavy (non-hydrogen) atoms. The normalized spacial score (nSPS) is 11.2. The number of nitrogens with one attached hydrogen (secondary N) is 2. The minimum atomic E-state index is -3.70. The summed E-state index contributed by atoms with van der Waals surface area (Å²) >= 11 is 0. The summed E-state index contributed by atoms with van der Waals surface area (Å²) in [4.78, 5) is 0.222. The minimum absolute atomic E-state index is 0.166. The van der Waals surface area contributed by atoms with Gasteiger partial charge >= 0.3 is 0 Å². The zero-order valence-corrected chi connectivity index (χ0v) is 15.6. The van der Waals surface area contributed by atoms with Gasteiger partial charge in [0.2, 0.25) is 0 Å². The van der Waals surface area contributed by atoms with Crippen molar-refractivity contribution in [1.82, 2.24) is 10.2 Å². The van der Waals surface area contributed by atoms with Gasteiger partial charge in [0.05, 0.1) is 4.90 Å². The van der Waals surface area contributed by atoms with Crippen LogP contribution in [0.25, 0.3) is 0 Å². The third-order valence-corrected chi connectivity index (χ3v) is 5.45. The van der Waals surface area contributed by atoms with Gasteiger partial charge in [0.25, 0.3) is 10.0 Å². The smallest absolute Gasteiger partial charge is 0.263 e. The highest BCUT2D eigenvalue weighted by Crippen LogP contribution is 2.21. The molecule has 0 saturated heterocycles. The van der Waals surface area contributed by atoms with Gasteiger partial charge in [-0.3, -0.25) is 4.72 Å². The zero-order chi connectivity index (χ0) is 18.7. The van der Waals surface area contributed by atoms with Gasteiger partial charge in [0.15, 0.2) is 11.6 Å². The molecule has 7 heteroatoms. The van der Waals surface area contributed by atoms with Gasteiger partial charge < -0.3 is 5.32 Å². The molecule has 0 bridgehead atoms. The predicted octanol–water partition coefficient (Wildman–Crippen LogP) is 3.95. The lowest BCUT2D eigenvalue weighted by Gasteiger charge is -2.11. The van der Waals surface area contributed by atoms with Crippen LogP contribution in [0.3, 0.4) is 0 Å². The zero-order valence-electron chi connectivity index (χ0n) is 14.8. The van der Waals surface area contributed by atoms with E-state index in [1.165, 1.54) is 5.56 Å². The second kappa shape index (κ2) is 7.13. The average Bonchev–Trinajstić information content (AvgIpc) is 2.59. The molecule has 134 valence electrons. The molecule has 0 unspecified atom stereocenters. The summed E-state index contributed by atoms with van der Waals surface area (Å²) in [6.45, 7) is 5.79. The Labute approximate surface area is 153 Å². The Morgan fingerprint density at radius 2 is 1.50 bits per heavy atom. The van der Waals surface area contributed by atoms with Gasteiger partial charge in [-0.2, -0.15) is 0 Å². The number of nitrogens with zero attached hydrogens (tertiary/aromatic N) is 2. The van der Waals surface area contributed by atoms with E-state index in [2.05, 4.69) is 26.3 Å². The fourth-order valence-electron chi connectivity index (χ4n) is 2.60. The second-order valence-corrected chi connectivity index (χ2v) is 7.77. The number of aryl methyl sites for hydroxylation is 3. The van der Waals surface area contributed by atoms with E-state index in [0.717, 1.165) is 11.3 Å². The van der Waals surface area contributed by atoms with Crippen molar-refractivity contribution in [3.63, 3.8) is 0 Å². The molecule has 3 aromatic rings. The van der Waals surface area contributed by atoms with Crippen LogP contribution in [-0.2, 0) is 10.0 Å². The molecule has 2 aromatic carbocycles. The molecule has 0 fully saturated rings. The Morgan fingerprint density at radius 3 is 2.15 bits per heavy atom.